The van der Waals surface area contributed by atoms with Crippen LogP contribution in [0.3, 0.4) is 0 Å². The van der Waals surface area contributed by atoms with E-state index in [0.717, 1.165) is 30.6 Å². The number of nitrogens with one attached hydrogen (secondary N) is 1. The fraction of sp³-hybridized carbons (Fsp3) is 0.571. The van der Waals surface area contributed by atoms with Crippen molar-refractivity contribution in [3.8, 4) is 0 Å². The number of hydrogen-bond donors (Lipinski definition) is 2. The molecule has 0 aromatic heterocycles. The maximum atomic E-state index is 12.8. The van der Waals surface area contributed by atoms with E-state index in [1.165, 1.54) is 4.31 Å². The van der Waals surface area contributed by atoms with E-state index in [-0.39, 0.29) is 6.61 Å². The summed E-state index contributed by atoms with van der Waals surface area (Å²) < 4.78 is 27.0. The molecule has 5 nitrogen and oxygen atoms in total. The lowest BCUT2D eigenvalue weighted by molar-refractivity contribution is 0.271. The smallest absolute Gasteiger partial charge is 0.243 e. The van der Waals surface area contributed by atoms with Gasteiger partial charge in [0.25, 0.3) is 0 Å². The van der Waals surface area contributed by atoms with Crippen LogP contribution in [-0.4, -0.2) is 44.1 Å². The topological polar surface area (TPSA) is 69.6 Å². The van der Waals surface area contributed by atoms with Gasteiger partial charge in [-0.25, -0.2) is 8.42 Å². The zero-order chi connectivity index (χ0) is 14.6. The molecule has 0 aliphatic carbocycles. The van der Waals surface area contributed by atoms with Gasteiger partial charge in [0.1, 0.15) is 0 Å². The zero-order valence-corrected chi connectivity index (χ0v) is 12.6. The highest BCUT2D eigenvalue weighted by molar-refractivity contribution is 7.89. The van der Waals surface area contributed by atoms with Crippen LogP contribution in [0.25, 0.3) is 0 Å². The van der Waals surface area contributed by atoms with Gasteiger partial charge >= 0.3 is 0 Å². The second-order valence-electron chi connectivity index (χ2n) is 4.89. The van der Waals surface area contributed by atoms with E-state index in [1.807, 2.05) is 13.0 Å². The molecule has 2 rings (SSSR count). The first-order valence-electron chi connectivity index (χ1n) is 7.03. The number of aliphatic hydroxyl groups is 1. The van der Waals surface area contributed by atoms with E-state index in [1.54, 1.807) is 12.1 Å². The maximum Gasteiger partial charge on any atom is 0.243 e. The minimum absolute atomic E-state index is 0.00281. The number of rotatable bonds is 6. The lowest BCUT2D eigenvalue weighted by atomic mass is 10.0. The number of fused-ring (bicyclic) bond motifs is 1. The van der Waals surface area contributed by atoms with Crippen LogP contribution in [0.2, 0.25) is 0 Å². The molecule has 1 aromatic carbocycles. The highest BCUT2D eigenvalue weighted by Gasteiger charge is 2.27. The van der Waals surface area contributed by atoms with Crippen molar-refractivity contribution in [2.45, 2.75) is 31.2 Å². The Labute approximate surface area is 120 Å². The first kappa shape index (κ1) is 15.4. The number of aliphatic hydroxyl groups excluding tert-OH is 1. The van der Waals surface area contributed by atoms with E-state index in [0.29, 0.717) is 24.4 Å². The van der Waals surface area contributed by atoms with Gasteiger partial charge in [0.2, 0.25) is 10.0 Å². The van der Waals surface area contributed by atoms with Crippen LogP contribution < -0.4 is 5.32 Å². The molecule has 0 atom stereocenters. The molecule has 6 heteroatoms. The Balaban J connectivity index is 2.38. The van der Waals surface area contributed by atoms with Crippen LogP contribution in [0.5, 0.6) is 0 Å². The molecule has 0 spiro atoms. The lowest BCUT2D eigenvalue weighted by Crippen LogP contribution is -2.34. The molecule has 0 bridgehead atoms. The number of nitrogens with zero attached hydrogens (tertiary/aromatic N) is 1. The Morgan fingerprint density at radius 3 is 2.90 bits per heavy atom. The molecule has 20 heavy (non-hydrogen) atoms. The van der Waals surface area contributed by atoms with Gasteiger partial charge in [-0.05, 0) is 36.6 Å². The van der Waals surface area contributed by atoms with Crippen molar-refractivity contribution in [1.82, 2.24) is 9.62 Å². The quantitative estimate of drug-likeness (QED) is 0.812. The molecule has 0 radical (unpaired) electrons. The monoisotopic (exact) mass is 298 g/mol. The summed E-state index contributed by atoms with van der Waals surface area (Å²) in [6.45, 7) is 4.14. The average Bonchev–Trinajstić information content (AvgIpc) is 2.47. The second-order valence-corrected chi connectivity index (χ2v) is 6.80. The van der Waals surface area contributed by atoms with Gasteiger partial charge in [0.15, 0.2) is 0 Å². The Kier molecular flexibility index (Phi) is 5.15. The summed E-state index contributed by atoms with van der Waals surface area (Å²) in [7, 11) is -3.47. The van der Waals surface area contributed by atoms with Crippen LogP contribution in [0.1, 0.15) is 24.5 Å². The molecule has 2 N–H and O–H groups in total. The molecule has 0 saturated heterocycles. The van der Waals surface area contributed by atoms with Crippen molar-refractivity contribution in [3.63, 3.8) is 0 Å². The van der Waals surface area contributed by atoms with Crippen molar-refractivity contribution in [1.29, 1.82) is 0 Å². The summed E-state index contributed by atoms with van der Waals surface area (Å²) in [6, 6.07) is 5.48. The Morgan fingerprint density at radius 2 is 2.20 bits per heavy atom. The van der Waals surface area contributed by atoms with Gasteiger partial charge < -0.3 is 10.4 Å². The van der Waals surface area contributed by atoms with E-state index in [2.05, 4.69) is 5.32 Å². The number of hydrogen-bond acceptors (Lipinski definition) is 4. The largest absolute Gasteiger partial charge is 0.396 e. The standard InChI is InChI=1S/C14H22N2O3S/c1-2-16(9-4-10-17)20(18,19)14-6-3-5-12-11-15-8-7-13(12)14/h3,5-6,15,17H,2,4,7-11H2,1H3. The fourth-order valence-corrected chi connectivity index (χ4v) is 4.36. The molecular formula is C14H22N2O3S. The van der Waals surface area contributed by atoms with Crippen LogP contribution in [0.4, 0.5) is 0 Å². The molecular weight excluding hydrogens is 276 g/mol. The van der Waals surface area contributed by atoms with Crippen molar-refractivity contribution in [2.75, 3.05) is 26.2 Å². The first-order valence-corrected chi connectivity index (χ1v) is 8.47. The maximum absolute atomic E-state index is 12.8. The fourth-order valence-electron chi connectivity index (χ4n) is 2.57. The van der Waals surface area contributed by atoms with Gasteiger partial charge in [0.05, 0.1) is 4.90 Å². The third-order valence-corrected chi connectivity index (χ3v) is 5.69. The van der Waals surface area contributed by atoms with E-state index >= 15 is 0 Å². The summed E-state index contributed by atoms with van der Waals surface area (Å²) in [6.07, 6.45) is 1.20. The van der Waals surface area contributed by atoms with E-state index in [9.17, 15) is 8.42 Å². The van der Waals surface area contributed by atoms with Crippen LogP contribution in [-0.2, 0) is 23.0 Å². The Hall–Kier alpha value is -0.950. The summed E-state index contributed by atoms with van der Waals surface area (Å²) in [5.41, 5.74) is 2.00. The van der Waals surface area contributed by atoms with Gasteiger partial charge in [-0.3, -0.25) is 0 Å². The summed E-state index contributed by atoms with van der Waals surface area (Å²) in [5, 5.41) is 12.2. The average molecular weight is 298 g/mol. The van der Waals surface area contributed by atoms with Gasteiger partial charge in [-0.15, -0.1) is 0 Å². The van der Waals surface area contributed by atoms with Gasteiger partial charge in [0, 0.05) is 26.2 Å². The minimum atomic E-state index is -3.47. The zero-order valence-electron chi connectivity index (χ0n) is 11.8. The molecule has 0 amide bonds. The second kappa shape index (κ2) is 6.67. The highest BCUT2D eigenvalue weighted by atomic mass is 32.2. The molecule has 1 aliphatic heterocycles. The first-order chi connectivity index (χ1) is 9.61. The molecule has 1 aliphatic rings. The summed E-state index contributed by atoms with van der Waals surface area (Å²) in [4.78, 5) is 0.427. The third kappa shape index (κ3) is 3.03. The van der Waals surface area contributed by atoms with E-state index in [4.69, 9.17) is 5.11 Å². The molecule has 0 fully saturated rings. The predicted molar refractivity (Wildman–Crippen MR) is 78.0 cm³/mol. The number of sulfonamides is 1. The van der Waals surface area contributed by atoms with Crippen LogP contribution in [0.15, 0.2) is 23.1 Å². The van der Waals surface area contributed by atoms with Crippen LogP contribution in [0, 0.1) is 0 Å². The highest BCUT2D eigenvalue weighted by Crippen LogP contribution is 2.25. The third-order valence-electron chi connectivity index (χ3n) is 3.63. The Morgan fingerprint density at radius 1 is 1.40 bits per heavy atom. The predicted octanol–water partition coefficient (Wildman–Crippen LogP) is 0.725. The van der Waals surface area contributed by atoms with Gasteiger partial charge in [-0.1, -0.05) is 19.1 Å². The lowest BCUT2D eigenvalue weighted by Gasteiger charge is -2.25. The van der Waals surface area contributed by atoms with Crippen LogP contribution >= 0.6 is 0 Å². The Bertz CT molecular complexity index is 558. The van der Waals surface area contributed by atoms with Gasteiger partial charge in [-0.2, -0.15) is 4.31 Å². The molecule has 0 unspecified atom stereocenters. The van der Waals surface area contributed by atoms with E-state index < -0.39 is 10.0 Å². The summed E-state index contributed by atoms with van der Waals surface area (Å²) in [5.74, 6) is 0. The molecule has 1 heterocycles. The minimum Gasteiger partial charge on any atom is -0.396 e. The molecule has 0 saturated carbocycles. The van der Waals surface area contributed by atoms with Crippen molar-refractivity contribution in [3.05, 3.63) is 29.3 Å². The van der Waals surface area contributed by atoms with Crippen molar-refractivity contribution in [2.24, 2.45) is 0 Å². The van der Waals surface area contributed by atoms with Crippen molar-refractivity contribution >= 4 is 10.0 Å². The van der Waals surface area contributed by atoms with Crippen molar-refractivity contribution < 1.29 is 13.5 Å². The summed E-state index contributed by atoms with van der Waals surface area (Å²) >= 11 is 0. The number of benzene rings is 1. The molecule has 1 aromatic rings. The SMILES string of the molecule is CCN(CCCO)S(=O)(=O)c1cccc2c1CCNC2. The molecule has 112 valence electrons. The normalized spacial score (nSPS) is 15.3.